The van der Waals surface area contributed by atoms with Crippen LogP contribution in [0.4, 0.5) is 15.8 Å². The van der Waals surface area contributed by atoms with Gasteiger partial charge in [-0.25, -0.2) is 4.39 Å². The van der Waals surface area contributed by atoms with Gasteiger partial charge in [0.2, 0.25) is 5.91 Å². The van der Waals surface area contributed by atoms with Crippen molar-refractivity contribution in [2.24, 2.45) is 0 Å². The summed E-state index contributed by atoms with van der Waals surface area (Å²) in [6.07, 6.45) is 1.43. The van der Waals surface area contributed by atoms with Gasteiger partial charge in [0, 0.05) is 16.3 Å². The van der Waals surface area contributed by atoms with Crippen LogP contribution in [-0.2, 0) is 4.79 Å². The third kappa shape index (κ3) is 5.15. The smallest absolute Gasteiger partial charge is 0.291 e. The summed E-state index contributed by atoms with van der Waals surface area (Å²) in [5.74, 6) is -0.884. The number of amides is 2. The fraction of sp³-hybridized carbons (Fsp3) is 0.100. The maximum absolute atomic E-state index is 13.2. The van der Waals surface area contributed by atoms with Crippen molar-refractivity contribution in [2.75, 3.05) is 10.6 Å². The predicted molar refractivity (Wildman–Crippen MR) is 108 cm³/mol. The molecule has 0 aliphatic heterocycles. The number of halogens is 2. The van der Waals surface area contributed by atoms with Crippen LogP contribution in [0.25, 0.3) is 0 Å². The van der Waals surface area contributed by atoms with Gasteiger partial charge in [-0.2, -0.15) is 0 Å². The van der Waals surface area contributed by atoms with Gasteiger partial charge < -0.3 is 15.1 Å². The first-order valence-electron chi connectivity index (χ1n) is 8.30. The summed E-state index contributed by atoms with van der Waals surface area (Å²) in [6.45, 7) is 1.76. The molecule has 0 radical (unpaired) electrons. The number of hydrogen-bond acceptors (Lipinski definition) is 4. The van der Waals surface area contributed by atoms with Crippen LogP contribution in [0.3, 0.4) is 0 Å². The van der Waals surface area contributed by atoms with Crippen LogP contribution in [0, 0.1) is 5.82 Å². The van der Waals surface area contributed by atoms with Crippen LogP contribution in [0.15, 0.2) is 70.2 Å². The highest BCUT2D eigenvalue weighted by Crippen LogP contribution is 2.26. The number of nitrogens with one attached hydrogen (secondary N) is 2. The average Bonchev–Trinajstić information content (AvgIpc) is 3.21. The maximum atomic E-state index is 13.2. The minimum absolute atomic E-state index is 0.0507. The molecule has 0 spiro atoms. The molecular formula is C20H16ClFN2O3S. The number of anilines is 2. The molecule has 2 amide bonds. The van der Waals surface area contributed by atoms with Crippen molar-refractivity contribution in [3.63, 3.8) is 0 Å². The minimum Gasteiger partial charge on any atom is -0.459 e. The highest BCUT2D eigenvalue weighted by molar-refractivity contribution is 8.00. The Labute approximate surface area is 170 Å². The molecule has 1 atom stereocenters. The minimum atomic E-state index is -0.540. The molecular weight excluding hydrogens is 403 g/mol. The Morgan fingerprint density at radius 2 is 1.79 bits per heavy atom. The number of carbonyl (C=O) groups is 2. The first kappa shape index (κ1) is 20.0. The van der Waals surface area contributed by atoms with Crippen molar-refractivity contribution >= 4 is 46.6 Å². The van der Waals surface area contributed by atoms with Gasteiger partial charge in [-0.1, -0.05) is 11.6 Å². The van der Waals surface area contributed by atoms with Gasteiger partial charge in [0.05, 0.1) is 16.5 Å². The Hall–Kier alpha value is -2.77. The summed E-state index contributed by atoms with van der Waals surface area (Å²) < 4.78 is 18.2. The van der Waals surface area contributed by atoms with Gasteiger partial charge in [-0.15, -0.1) is 11.8 Å². The lowest BCUT2D eigenvalue weighted by Crippen LogP contribution is -2.22. The van der Waals surface area contributed by atoms with Gasteiger partial charge in [0.25, 0.3) is 5.91 Å². The first-order valence-corrected chi connectivity index (χ1v) is 9.55. The molecule has 0 aliphatic rings. The Balaban J connectivity index is 1.56. The molecule has 2 N–H and O–H groups in total. The summed E-state index contributed by atoms with van der Waals surface area (Å²) in [5.41, 5.74) is 1.05. The van der Waals surface area contributed by atoms with E-state index in [-0.39, 0.29) is 22.6 Å². The van der Waals surface area contributed by atoms with Gasteiger partial charge in [0.15, 0.2) is 5.76 Å². The van der Waals surface area contributed by atoms with Crippen LogP contribution in [0.5, 0.6) is 0 Å². The average molecular weight is 419 g/mol. The quantitative estimate of drug-likeness (QED) is 0.522. The number of carbonyl (C=O) groups excluding carboxylic acids is 2. The van der Waals surface area contributed by atoms with E-state index in [9.17, 15) is 14.0 Å². The summed E-state index contributed by atoms with van der Waals surface area (Å²) >= 11 is 7.08. The summed E-state index contributed by atoms with van der Waals surface area (Å²) in [5, 5.41) is 4.98. The monoisotopic (exact) mass is 418 g/mol. The third-order valence-electron chi connectivity index (χ3n) is 3.73. The maximum Gasteiger partial charge on any atom is 0.291 e. The molecule has 0 bridgehead atoms. The lowest BCUT2D eigenvalue weighted by molar-refractivity contribution is -0.115. The van der Waals surface area contributed by atoms with E-state index in [1.54, 1.807) is 43.3 Å². The second kappa shape index (κ2) is 8.95. The fourth-order valence-electron chi connectivity index (χ4n) is 2.29. The lowest BCUT2D eigenvalue weighted by Gasteiger charge is -2.13. The Kier molecular flexibility index (Phi) is 6.38. The Morgan fingerprint density at radius 3 is 2.43 bits per heavy atom. The fourth-order valence-corrected chi connectivity index (χ4v) is 3.34. The van der Waals surface area contributed by atoms with Crippen molar-refractivity contribution in [3.8, 4) is 0 Å². The van der Waals surface area contributed by atoms with Crippen LogP contribution < -0.4 is 10.6 Å². The van der Waals surface area contributed by atoms with E-state index in [1.807, 2.05) is 0 Å². The zero-order chi connectivity index (χ0) is 20.1. The zero-order valence-corrected chi connectivity index (χ0v) is 16.3. The van der Waals surface area contributed by atoms with Crippen molar-refractivity contribution < 1.29 is 18.4 Å². The number of furan rings is 1. The van der Waals surface area contributed by atoms with Gasteiger partial charge in [-0.3, -0.25) is 9.59 Å². The molecule has 144 valence electrons. The molecule has 3 rings (SSSR count). The molecule has 0 aliphatic carbocycles. The molecule has 3 aromatic rings. The van der Waals surface area contributed by atoms with Crippen molar-refractivity contribution in [3.05, 3.63) is 77.5 Å². The molecule has 1 heterocycles. The number of hydrogen-bond donors (Lipinski definition) is 2. The number of thioether (sulfide) groups is 1. The van der Waals surface area contributed by atoms with Crippen LogP contribution >= 0.6 is 23.4 Å². The van der Waals surface area contributed by atoms with Gasteiger partial charge in [-0.05, 0) is 61.5 Å². The highest BCUT2D eigenvalue weighted by Gasteiger charge is 2.15. The van der Waals surface area contributed by atoms with Crippen LogP contribution in [-0.4, -0.2) is 17.1 Å². The lowest BCUT2D eigenvalue weighted by atomic mass is 10.3. The highest BCUT2D eigenvalue weighted by atomic mass is 35.5. The van der Waals surface area contributed by atoms with E-state index >= 15 is 0 Å². The molecule has 28 heavy (non-hydrogen) atoms. The molecule has 0 fully saturated rings. The van der Waals surface area contributed by atoms with E-state index < -0.39 is 11.1 Å². The normalized spacial score (nSPS) is 11.7. The topological polar surface area (TPSA) is 71.3 Å². The van der Waals surface area contributed by atoms with Crippen molar-refractivity contribution in [1.29, 1.82) is 0 Å². The van der Waals surface area contributed by atoms with Crippen molar-refractivity contribution in [2.45, 2.75) is 17.1 Å². The van der Waals surface area contributed by atoms with E-state index in [1.165, 1.54) is 36.2 Å². The predicted octanol–water partition coefficient (Wildman–Crippen LogP) is 5.44. The van der Waals surface area contributed by atoms with E-state index in [2.05, 4.69) is 10.6 Å². The molecule has 0 saturated carbocycles. The summed E-state index contributed by atoms with van der Waals surface area (Å²) in [7, 11) is 0. The molecule has 8 heteroatoms. The second-order valence-electron chi connectivity index (χ2n) is 5.83. The number of rotatable bonds is 6. The molecule has 0 saturated heterocycles. The largest absolute Gasteiger partial charge is 0.459 e. The van der Waals surface area contributed by atoms with Crippen LogP contribution in [0.1, 0.15) is 17.5 Å². The molecule has 5 nitrogen and oxygen atoms in total. The van der Waals surface area contributed by atoms with Crippen molar-refractivity contribution in [1.82, 2.24) is 0 Å². The first-order chi connectivity index (χ1) is 13.4. The Bertz CT molecular complexity index is 978. The Morgan fingerprint density at radius 1 is 1.07 bits per heavy atom. The summed E-state index contributed by atoms with van der Waals surface area (Å²) in [4.78, 5) is 25.1. The summed E-state index contributed by atoms with van der Waals surface area (Å²) in [6, 6.07) is 14.3. The zero-order valence-electron chi connectivity index (χ0n) is 14.7. The van der Waals surface area contributed by atoms with Gasteiger partial charge in [0.1, 0.15) is 5.82 Å². The SMILES string of the molecule is CC(Sc1ccc(NC(=O)c2ccco2)cc1)C(=O)Nc1ccc(F)c(Cl)c1. The van der Waals surface area contributed by atoms with Crippen LogP contribution in [0.2, 0.25) is 5.02 Å². The molecule has 1 unspecified atom stereocenters. The standard InChI is InChI=1S/C20H16ClFN2O3S/c1-12(19(25)24-14-6-9-17(22)16(21)11-14)28-15-7-4-13(5-8-15)23-20(26)18-3-2-10-27-18/h2-12H,1H3,(H,23,26)(H,24,25). The third-order valence-corrected chi connectivity index (χ3v) is 5.13. The van der Waals surface area contributed by atoms with E-state index in [0.717, 1.165) is 4.90 Å². The van der Waals surface area contributed by atoms with Gasteiger partial charge >= 0.3 is 0 Å². The molecule has 2 aromatic carbocycles. The second-order valence-corrected chi connectivity index (χ2v) is 7.66. The molecule has 1 aromatic heterocycles. The van der Waals surface area contributed by atoms with E-state index in [4.69, 9.17) is 16.0 Å². The van der Waals surface area contributed by atoms with E-state index in [0.29, 0.717) is 11.4 Å². The number of benzene rings is 2.